The maximum atomic E-state index is 13.4. The van der Waals surface area contributed by atoms with Crippen LogP contribution in [0.1, 0.15) is 59.8 Å². The zero-order valence-corrected chi connectivity index (χ0v) is 22.3. The molecule has 1 unspecified atom stereocenters. The molecule has 190 valence electrons. The molecule has 2 aromatic heterocycles. The van der Waals surface area contributed by atoms with E-state index in [9.17, 15) is 22.8 Å². The second kappa shape index (κ2) is 11.0. The summed E-state index contributed by atoms with van der Waals surface area (Å²) in [6.07, 6.45) is 4.15. The van der Waals surface area contributed by atoms with E-state index in [1.807, 2.05) is 0 Å². The minimum Gasteiger partial charge on any atom is -0.450 e. The van der Waals surface area contributed by atoms with E-state index in [1.165, 1.54) is 27.8 Å². The van der Waals surface area contributed by atoms with Gasteiger partial charge in [0.25, 0.3) is 15.9 Å². The average molecular weight is 560 g/mol. The lowest BCUT2D eigenvalue weighted by molar-refractivity contribution is -0.120. The second-order valence-electron chi connectivity index (χ2n) is 8.26. The van der Waals surface area contributed by atoms with Gasteiger partial charge in [-0.3, -0.25) is 14.9 Å². The van der Waals surface area contributed by atoms with Crippen molar-refractivity contribution in [2.45, 2.75) is 62.1 Å². The van der Waals surface area contributed by atoms with E-state index < -0.39 is 34.0 Å². The molecule has 0 aromatic carbocycles. The Morgan fingerprint density at radius 2 is 1.91 bits per heavy atom. The van der Waals surface area contributed by atoms with Crippen LogP contribution >= 0.6 is 34.3 Å². The molecule has 1 aliphatic heterocycles. The Labute approximate surface area is 216 Å². The molecule has 2 aliphatic rings. The Kier molecular flexibility index (Phi) is 8.16. The number of amides is 3. The van der Waals surface area contributed by atoms with Crippen LogP contribution in [0, 0.1) is 0 Å². The van der Waals surface area contributed by atoms with Gasteiger partial charge in [-0.05, 0) is 63.1 Å². The van der Waals surface area contributed by atoms with Gasteiger partial charge in [0.1, 0.15) is 15.3 Å². The van der Waals surface area contributed by atoms with Gasteiger partial charge in [0, 0.05) is 11.4 Å². The standard InChI is InChI=1S/C22H26ClN3O6S3/c1-2-32-22(29)25-20(28)18-13-7-3-4-9-15(13)33-21(18)24-19(27)14-8-5-6-12-26(14)35(30,31)17-11-10-16(23)34-17/h10-11,14H,2-9,12H2,1H3,(H,24,27)(H,25,28,29). The summed E-state index contributed by atoms with van der Waals surface area (Å²) in [6, 6.07) is 2.04. The van der Waals surface area contributed by atoms with Gasteiger partial charge in [-0.2, -0.15) is 4.31 Å². The van der Waals surface area contributed by atoms with Crippen molar-refractivity contribution in [2.75, 3.05) is 18.5 Å². The summed E-state index contributed by atoms with van der Waals surface area (Å²) < 4.78 is 33.0. The predicted molar refractivity (Wildman–Crippen MR) is 135 cm³/mol. The summed E-state index contributed by atoms with van der Waals surface area (Å²) in [7, 11) is -3.91. The fraction of sp³-hybridized carbons (Fsp3) is 0.500. The number of aryl methyl sites for hydroxylation is 1. The number of thiophene rings is 2. The van der Waals surface area contributed by atoms with Gasteiger partial charge in [0.15, 0.2) is 0 Å². The highest BCUT2D eigenvalue weighted by molar-refractivity contribution is 7.91. The molecule has 2 N–H and O–H groups in total. The summed E-state index contributed by atoms with van der Waals surface area (Å²) in [5, 5.41) is 5.37. The minimum absolute atomic E-state index is 0.0864. The van der Waals surface area contributed by atoms with E-state index in [4.69, 9.17) is 16.3 Å². The minimum atomic E-state index is -3.91. The van der Waals surface area contributed by atoms with Gasteiger partial charge >= 0.3 is 6.09 Å². The van der Waals surface area contributed by atoms with Gasteiger partial charge in [0.2, 0.25) is 5.91 Å². The molecule has 1 atom stereocenters. The van der Waals surface area contributed by atoms with Gasteiger partial charge < -0.3 is 10.1 Å². The van der Waals surface area contributed by atoms with Crippen molar-refractivity contribution >= 4 is 67.2 Å². The molecular weight excluding hydrogens is 534 g/mol. The second-order valence-corrected chi connectivity index (χ2v) is 13.2. The third kappa shape index (κ3) is 5.56. The maximum Gasteiger partial charge on any atom is 0.414 e. The number of imide groups is 1. The predicted octanol–water partition coefficient (Wildman–Crippen LogP) is 4.41. The van der Waals surface area contributed by atoms with Crippen LogP contribution in [0.25, 0.3) is 0 Å². The summed E-state index contributed by atoms with van der Waals surface area (Å²) in [5.41, 5.74) is 1.07. The van der Waals surface area contributed by atoms with Crippen LogP contribution < -0.4 is 10.6 Å². The molecule has 3 amide bonds. The SMILES string of the molecule is CCOC(=O)NC(=O)c1c(NC(=O)C2CCCCN2S(=O)(=O)c2ccc(Cl)s2)sc2c1CCCC2. The number of hydrogen-bond donors (Lipinski definition) is 2. The van der Waals surface area contributed by atoms with Gasteiger partial charge in [-0.25, -0.2) is 13.2 Å². The lowest BCUT2D eigenvalue weighted by atomic mass is 9.95. The number of piperidine rings is 1. The highest BCUT2D eigenvalue weighted by Crippen LogP contribution is 2.39. The third-order valence-corrected chi connectivity index (χ3v) is 10.8. The first kappa shape index (κ1) is 26.1. The van der Waals surface area contributed by atoms with Crippen LogP contribution in [0.15, 0.2) is 16.3 Å². The highest BCUT2D eigenvalue weighted by atomic mass is 35.5. The number of sulfonamides is 1. The lowest BCUT2D eigenvalue weighted by Gasteiger charge is -2.33. The molecule has 0 bridgehead atoms. The number of anilines is 1. The molecule has 1 fully saturated rings. The molecule has 0 spiro atoms. The first-order valence-electron chi connectivity index (χ1n) is 11.4. The van der Waals surface area contributed by atoms with Crippen LogP contribution in [0.5, 0.6) is 0 Å². The number of alkyl carbamates (subject to hydrolysis) is 1. The summed E-state index contributed by atoms with van der Waals surface area (Å²) >= 11 is 8.20. The number of hydrogen-bond acceptors (Lipinski definition) is 8. The molecule has 0 saturated carbocycles. The highest BCUT2D eigenvalue weighted by Gasteiger charge is 2.39. The smallest absolute Gasteiger partial charge is 0.414 e. The van der Waals surface area contributed by atoms with Crippen molar-refractivity contribution in [3.63, 3.8) is 0 Å². The van der Waals surface area contributed by atoms with Crippen molar-refractivity contribution in [2.24, 2.45) is 0 Å². The van der Waals surface area contributed by atoms with E-state index in [-0.39, 0.29) is 22.9 Å². The number of fused-ring (bicyclic) bond motifs is 1. The van der Waals surface area contributed by atoms with Crippen LogP contribution in [0.2, 0.25) is 4.34 Å². The first-order valence-corrected chi connectivity index (χ1v) is 14.9. The van der Waals surface area contributed by atoms with Crippen molar-refractivity contribution < 1.29 is 27.5 Å². The molecule has 0 radical (unpaired) electrons. The van der Waals surface area contributed by atoms with E-state index >= 15 is 0 Å². The van der Waals surface area contributed by atoms with Crippen molar-refractivity contribution in [3.05, 3.63) is 32.5 Å². The molecule has 4 rings (SSSR count). The third-order valence-electron chi connectivity index (χ3n) is 5.99. The van der Waals surface area contributed by atoms with Crippen molar-refractivity contribution in [3.8, 4) is 0 Å². The number of carbonyl (C=O) groups excluding carboxylic acids is 3. The Balaban J connectivity index is 1.61. The molecule has 1 aliphatic carbocycles. The van der Waals surface area contributed by atoms with Gasteiger partial charge in [-0.15, -0.1) is 22.7 Å². The van der Waals surface area contributed by atoms with Crippen LogP contribution in [0.4, 0.5) is 9.80 Å². The van der Waals surface area contributed by atoms with E-state index in [0.717, 1.165) is 41.0 Å². The average Bonchev–Trinajstić information content (AvgIpc) is 3.42. The normalized spacial score (nSPS) is 18.5. The number of ether oxygens (including phenoxy) is 1. The van der Waals surface area contributed by atoms with E-state index in [2.05, 4.69) is 10.6 Å². The fourth-order valence-corrected chi connectivity index (χ4v) is 8.98. The van der Waals surface area contributed by atoms with Crippen LogP contribution in [0.3, 0.4) is 0 Å². The molecule has 1 saturated heterocycles. The van der Waals surface area contributed by atoms with Crippen molar-refractivity contribution in [1.29, 1.82) is 0 Å². The summed E-state index contributed by atoms with van der Waals surface area (Å²) in [5.74, 6) is -1.14. The molecule has 35 heavy (non-hydrogen) atoms. The zero-order valence-electron chi connectivity index (χ0n) is 19.1. The van der Waals surface area contributed by atoms with Gasteiger partial charge in [0.05, 0.1) is 16.5 Å². The molecule has 3 heterocycles. The summed E-state index contributed by atoms with van der Waals surface area (Å²) in [6.45, 7) is 1.97. The fourth-order valence-electron chi connectivity index (χ4n) is 4.42. The Morgan fingerprint density at radius 1 is 1.14 bits per heavy atom. The number of nitrogens with one attached hydrogen (secondary N) is 2. The van der Waals surface area contributed by atoms with E-state index in [0.29, 0.717) is 35.0 Å². The number of rotatable bonds is 6. The Bertz CT molecular complexity index is 1240. The monoisotopic (exact) mass is 559 g/mol. The topological polar surface area (TPSA) is 122 Å². The number of carbonyl (C=O) groups is 3. The Morgan fingerprint density at radius 3 is 2.63 bits per heavy atom. The number of nitrogens with zero attached hydrogens (tertiary/aromatic N) is 1. The van der Waals surface area contributed by atoms with E-state index in [1.54, 1.807) is 6.92 Å². The largest absolute Gasteiger partial charge is 0.450 e. The Hall–Kier alpha value is -1.99. The van der Waals surface area contributed by atoms with Gasteiger partial charge in [-0.1, -0.05) is 18.0 Å². The molecule has 2 aromatic rings. The molecule has 13 heteroatoms. The van der Waals surface area contributed by atoms with Crippen LogP contribution in [-0.2, 0) is 32.4 Å². The number of halogens is 1. The van der Waals surface area contributed by atoms with Crippen LogP contribution in [-0.4, -0.2) is 49.8 Å². The maximum absolute atomic E-state index is 13.4. The first-order chi connectivity index (χ1) is 16.7. The lowest BCUT2D eigenvalue weighted by Crippen LogP contribution is -2.49. The quantitative estimate of drug-likeness (QED) is 0.540. The zero-order chi connectivity index (χ0) is 25.2. The summed E-state index contributed by atoms with van der Waals surface area (Å²) in [4.78, 5) is 39.3. The molecular formula is C22H26ClN3O6S3. The van der Waals surface area contributed by atoms with Crippen molar-refractivity contribution in [1.82, 2.24) is 9.62 Å². The molecule has 9 nitrogen and oxygen atoms in total.